The van der Waals surface area contributed by atoms with Gasteiger partial charge in [0.15, 0.2) is 0 Å². The lowest BCUT2D eigenvalue weighted by Crippen LogP contribution is -2.38. The van der Waals surface area contributed by atoms with Crippen LogP contribution in [0.2, 0.25) is 5.02 Å². The Balaban J connectivity index is 2.82. The first-order chi connectivity index (χ1) is 8.35. The number of nitrogens with zero attached hydrogens (tertiary/aromatic N) is 1. The third-order valence-corrected chi connectivity index (χ3v) is 3.11. The monoisotopic (exact) mass is 270 g/mol. The Kier molecular flexibility index (Phi) is 5.11. The minimum absolute atomic E-state index is 0.0255. The van der Waals surface area contributed by atoms with E-state index in [4.69, 9.17) is 11.6 Å². The molecule has 1 N–H and O–H groups in total. The standard InChI is InChI=1S/C13H19ClN2O2/c1-4-7-13(2,3)15-9-10-5-6-11(14)8-12(10)16(17)18/h5-6,8,15H,4,7,9H2,1-3H3. The third-order valence-electron chi connectivity index (χ3n) is 2.88. The second-order valence-corrected chi connectivity index (χ2v) is 5.45. The molecular weight excluding hydrogens is 252 g/mol. The Morgan fingerprint density at radius 2 is 2.11 bits per heavy atom. The van der Waals surface area contributed by atoms with Crippen LogP contribution in [0.25, 0.3) is 0 Å². The molecule has 1 rings (SSSR count). The first kappa shape index (κ1) is 14.9. The number of nitrogens with one attached hydrogen (secondary N) is 1. The number of rotatable bonds is 6. The van der Waals surface area contributed by atoms with Gasteiger partial charge in [-0.2, -0.15) is 0 Å². The second kappa shape index (κ2) is 6.16. The summed E-state index contributed by atoms with van der Waals surface area (Å²) in [6, 6.07) is 4.78. The van der Waals surface area contributed by atoms with Crippen molar-refractivity contribution < 1.29 is 4.92 Å². The van der Waals surface area contributed by atoms with Gasteiger partial charge in [0.25, 0.3) is 5.69 Å². The SMILES string of the molecule is CCCC(C)(C)NCc1ccc(Cl)cc1[N+](=O)[O-]. The molecule has 0 atom stereocenters. The summed E-state index contributed by atoms with van der Waals surface area (Å²) in [5, 5.41) is 14.7. The highest BCUT2D eigenvalue weighted by Gasteiger charge is 2.19. The smallest absolute Gasteiger partial charge is 0.275 e. The van der Waals surface area contributed by atoms with E-state index in [9.17, 15) is 10.1 Å². The first-order valence-electron chi connectivity index (χ1n) is 6.03. The van der Waals surface area contributed by atoms with Crippen molar-refractivity contribution in [3.8, 4) is 0 Å². The molecule has 0 radical (unpaired) electrons. The summed E-state index contributed by atoms with van der Waals surface area (Å²) in [5.41, 5.74) is 0.707. The molecule has 0 unspecified atom stereocenters. The highest BCUT2D eigenvalue weighted by atomic mass is 35.5. The van der Waals surface area contributed by atoms with Crippen LogP contribution in [0.5, 0.6) is 0 Å². The molecule has 18 heavy (non-hydrogen) atoms. The number of nitro benzene ring substituents is 1. The molecule has 0 aliphatic rings. The molecule has 0 spiro atoms. The third kappa shape index (κ3) is 4.27. The number of hydrogen-bond donors (Lipinski definition) is 1. The van der Waals surface area contributed by atoms with Gasteiger partial charge in [0.1, 0.15) is 0 Å². The average Bonchev–Trinajstić information content (AvgIpc) is 2.27. The lowest BCUT2D eigenvalue weighted by molar-refractivity contribution is -0.385. The number of benzene rings is 1. The molecule has 0 aliphatic heterocycles. The van der Waals surface area contributed by atoms with Crippen molar-refractivity contribution in [3.05, 3.63) is 38.9 Å². The molecule has 0 heterocycles. The molecule has 0 aliphatic carbocycles. The van der Waals surface area contributed by atoms with E-state index in [-0.39, 0.29) is 11.2 Å². The fraction of sp³-hybridized carbons (Fsp3) is 0.538. The molecule has 0 saturated heterocycles. The summed E-state index contributed by atoms with van der Waals surface area (Å²) in [6.45, 7) is 6.78. The van der Waals surface area contributed by atoms with Gasteiger partial charge >= 0.3 is 0 Å². The Morgan fingerprint density at radius 3 is 2.67 bits per heavy atom. The van der Waals surface area contributed by atoms with Crippen molar-refractivity contribution in [2.24, 2.45) is 0 Å². The van der Waals surface area contributed by atoms with E-state index in [0.717, 1.165) is 12.8 Å². The van der Waals surface area contributed by atoms with Gasteiger partial charge in [-0.3, -0.25) is 10.1 Å². The number of nitro groups is 1. The molecule has 5 heteroatoms. The van der Waals surface area contributed by atoms with Gasteiger partial charge < -0.3 is 5.32 Å². The van der Waals surface area contributed by atoms with Crippen LogP contribution in [0, 0.1) is 10.1 Å². The fourth-order valence-corrected chi connectivity index (χ4v) is 2.07. The largest absolute Gasteiger partial charge is 0.307 e. The van der Waals surface area contributed by atoms with Gasteiger partial charge in [-0.1, -0.05) is 24.9 Å². The second-order valence-electron chi connectivity index (χ2n) is 5.02. The van der Waals surface area contributed by atoms with Crippen molar-refractivity contribution in [3.63, 3.8) is 0 Å². The predicted molar refractivity (Wildman–Crippen MR) is 73.9 cm³/mol. The van der Waals surface area contributed by atoms with Gasteiger partial charge in [0, 0.05) is 28.7 Å². The van der Waals surface area contributed by atoms with Crippen molar-refractivity contribution in [2.75, 3.05) is 0 Å². The van der Waals surface area contributed by atoms with Gasteiger partial charge in [0.05, 0.1) is 4.92 Å². The number of hydrogen-bond acceptors (Lipinski definition) is 3. The lowest BCUT2D eigenvalue weighted by atomic mass is 9.98. The average molecular weight is 271 g/mol. The Hall–Kier alpha value is -1.13. The van der Waals surface area contributed by atoms with Crippen LogP contribution < -0.4 is 5.32 Å². The zero-order chi connectivity index (χ0) is 13.8. The molecule has 4 nitrogen and oxygen atoms in total. The Bertz CT molecular complexity index is 433. The zero-order valence-corrected chi connectivity index (χ0v) is 11.8. The maximum atomic E-state index is 10.9. The van der Waals surface area contributed by atoms with Crippen LogP contribution in [0.4, 0.5) is 5.69 Å². The van der Waals surface area contributed by atoms with Crippen molar-refractivity contribution >= 4 is 17.3 Å². The van der Waals surface area contributed by atoms with Crippen molar-refractivity contribution in [1.82, 2.24) is 5.32 Å². The normalized spacial score (nSPS) is 11.6. The van der Waals surface area contributed by atoms with E-state index in [0.29, 0.717) is 17.1 Å². The highest BCUT2D eigenvalue weighted by molar-refractivity contribution is 6.30. The molecule has 0 bridgehead atoms. The Morgan fingerprint density at radius 1 is 1.44 bits per heavy atom. The van der Waals surface area contributed by atoms with E-state index < -0.39 is 4.92 Å². The van der Waals surface area contributed by atoms with Crippen LogP contribution in [0.15, 0.2) is 18.2 Å². The van der Waals surface area contributed by atoms with Crippen molar-refractivity contribution in [2.45, 2.75) is 45.7 Å². The van der Waals surface area contributed by atoms with Crippen LogP contribution >= 0.6 is 11.6 Å². The predicted octanol–water partition coefficient (Wildman–Crippen LogP) is 3.92. The van der Waals surface area contributed by atoms with E-state index in [2.05, 4.69) is 26.1 Å². The summed E-state index contributed by atoms with van der Waals surface area (Å²) < 4.78 is 0. The zero-order valence-electron chi connectivity index (χ0n) is 11.0. The summed E-state index contributed by atoms with van der Waals surface area (Å²) in [6.07, 6.45) is 2.09. The van der Waals surface area contributed by atoms with E-state index >= 15 is 0 Å². The topological polar surface area (TPSA) is 55.2 Å². The van der Waals surface area contributed by atoms with Gasteiger partial charge in [-0.25, -0.2) is 0 Å². The summed E-state index contributed by atoms with van der Waals surface area (Å²) in [4.78, 5) is 10.6. The maximum absolute atomic E-state index is 10.9. The molecule has 1 aromatic carbocycles. The lowest BCUT2D eigenvalue weighted by Gasteiger charge is -2.25. The highest BCUT2D eigenvalue weighted by Crippen LogP contribution is 2.24. The Labute approximate surface area is 112 Å². The van der Waals surface area contributed by atoms with E-state index in [1.807, 2.05) is 0 Å². The first-order valence-corrected chi connectivity index (χ1v) is 6.41. The summed E-state index contributed by atoms with van der Waals surface area (Å²) in [5.74, 6) is 0. The quantitative estimate of drug-likeness (QED) is 0.630. The molecule has 1 aromatic rings. The van der Waals surface area contributed by atoms with Crippen LogP contribution in [-0.4, -0.2) is 10.5 Å². The van der Waals surface area contributed by atoms with Crippen LogP contribution in [-0.2, 0) is 6.54 Å². The van der Waals surface area contributed by atoms with Crippen LogP contribution in [0.3, 0.4) is 0 Å². The minimum Gasteiger partial charge on any atom is -0.307 e. The van der Waals surface area contributed by atoms with Crippen molar-refractivity contribution in [1.29, 1.82) is 0 Å². The van der Waals surface area contributed by atoms with E-state index in [1.165, 1.54) is 6.07 Å². The van der Waals surface area contributed by atoms with Gasteiger partial charge in [0.2, 0.25) is 0 Å². The molecule has 0 aromatic heterocycles. The van der Waals surface area contributed by atoms with Crippen LogP contribution in [0.1, 0.15) is 39.2 Å². The molecular formula is C13H19ClN2O2. The van der Waals surface area contributed by atoms with Gasteiger partial charge in [-0.05, 0) is 32.4 Å². The maximum Gasteiger partial charge on any atom is 0.275 e. The fourth-order valence-electron chi connectivity index (χ4n) is 1.90. The molecule has 0 saturated carbocycles. The minimum atomic E-state index is -0.393. The van der Waals surface area contributed by atoms with E-state index in [1.54, 1.807) is 12.1 Å². The summed E-state index contributed by atoms with van der Waals surface area (Å²) >= 11 is 5.78. The summed E-state index contributed by atoms with van der Waals surface area (Å²) in [7, 11) is 0. The molecule has 100 valence electrons. The molecule has 0 amide bonds. The van der Waals surface area contributed by atoms with Gasteiger partial charge in [-0.15, -0.1) is 0 Å². The molecule has 0 fully saturated rings. The number of halogens is 1.